The van der Waals surface area contributed by atoms with Crippen LogP contribution in [0.4, 0.5) is 0 Å². The Morgan fingerprint density at radius 2 is 2.16 bits per heavy atom. The third-order valence-corrected chi connectivity index (χ3v) is 4.80. The first-order chi connectivity index (χ1) is 9.21. The molecule has 0 heterocycles. The van der Waals surface area contributed by atoms with Crippen LogP contribution in [0.3, 0.4) is 0 Å². The summed E-state index contributed by atoms with van der Waals surface area (Å²) in [4.78, 5) is 0. The van der Waals surface area contributed by atoms with Crippen LogP contribution >= 0.6 is 11.6 Å². The Labute approximate surface area is 120 Å². The van der Waals surface area contributed by atoms with E-state index < -0.39 is 0 Å². The molecule has 0 saturated heterocycles. The Morgan fingerprint density at radius 1 is 1.37 bits per heavy atom. The number of halogens is 1. The van der Waals surface area contributed by atoms with Crippen LogP contribution in [-0.4, -0.2) is 19.7 Å². The molecule has 0 bridgehead atoms. The lowest BCUT2D eigenvalue weighted by Gasteiger charge is -2.43. The Balaban J connectivity index is 1.72. The topological polar surface area (TPSA) is 21.3 Å². The van der Waals surface area contributed by atoms with Crippen molar-refractivity contribution in [3.63, 3.8) is 0 Å². The first kappa shape index (κ1) is 13.3. The molecule has 0 spiro atoms. The predicted molar refractivity (Wildman–Crippen MR) is 79.0 cm³/mol. The summed E-state index contributed by atoms with van der Waals surface area (Å²) < 4.78 is 5.47. The molecule has 0 aromatic heterocycles. The zero-order valence-corrected chi connectivity index (χ0v) is 12.3. The molecule has 104 valence electrons. The number of rotatable bonds is 6. The summed E-state index contributed by atoms with van der Waals surface area (Å²) in [6, 6.07) is 6.74. The van der Waals surface area contributed by atoms with Gasteiger partial charge in [0.15, 0.2) is 0 Å². The summed E-state index contributed by atoms with van der Waals surface area (Å²) in [5.41, 5.74) is 1.69. The SMILES string of the molecule is COc1ccc(Cl)cc1CC1(CNC2CC2)CCC1. The lowest BCUT2D eigenvalue weighted by atomic mass is 9.65. The second-order valence-corrected chi connectivity index (χ2v) is 6.58. The Bertz CT molecular complexity index is 452. The van der Waals surface area contributed by atoms with Gasteiger partial charge in [0.05, 0.1) is 7.11 Å². The fraction of sp³-hybridized carbons (Fsp3) is 0.625. The summed E-state index contributed by atoms with van der Waals surface area (Å²) in [6.45, 7) is 1.15. The van der Waals surface area contributed by atoms with Gasteiger partial charge in [-0.15, -0.1) is 0 Å². The number of hydrogen-bond acceptors (Lipinski definition) is 2. The van der Waals surface area contributed by atoms with Crippen molar-refractivity contribution in [3.05, 3.63) is 28.8 Å². The molecular formula is C16H22ClNO. The van der Waals surface area contributed by atoms with Gasteiger partial charge in [-0.3, -0.25) is 0 Å². The van der Waals surface area contributed by atoms with Gasteiger partial charge in [0.25, 0.3) is 0 Å². The number of methoxy groups -OCH3 is 1. The van der Waals surface area contributed by atoms with E-state index in [0.717, 1.165) is 29.8 Å². The van der Waals surface area contributed by atoms with Gasteiger partial charge in [-0.05, 0) is 61.3 Å². The highest BCUT2D eigenvalue weighted by Gasteiger charge is 2.38. The Hall–Kier alpha value is -0.730. The van der Waals surface area contributed by atoms with Gasteiger partial charge in [-0.25, -0.2) is 0 Å². The van der Waals surface area contributed by atoms with Crippen molar-refractivity contribution in [1.29, 1.82) is 0 Å². The molecular weight excluding hydrogens is 258 g/mol. The molecule has 1 aromatic carbocycles. The van der Waals surface area contributed by atoms with E-state index in [1.54, 1.807) is 7.11 Å². The highest BCUT2D eigenvalue weighted by Crippen LogP contribution is 2.45. The molecule has 2 aliphatic carbocycles. The van der Waals surface area contributed by atoms with Crippen LogP contribution in [0.15, 0.2) is 18.2 Å². The molecule has 1 N–H and O–H groups in total. The minimum Gasteiger partial charge on any atom is -0.496 e. The average Bonchev–Trinajstić information content (AvgIpc) is 3.16. The van der Waals surface area contributed by atoms with Crippen molar-refractivity contribution in [3.8, 4) is 5.75 Å². The zero-order chi connectivity index (χ0) is 13.3. The van der Waals surface area contributed by atoms with Crippen LogP contribution < -0.4 is 10.1 Å². The van der Waals surface area contributed by atoms with Gasteiger partial charge in [-0.1, -0.05) is 18.0 Å². The molecule has 0 aliphatic heterocycles. The minimum absolute atomic E-state index is 0.431. The van der Waals surface area contributed by atoms with Crippen molar-refractivity contribution in [2.75, 3.05) is 13.7 Å². The number of nitrogens with one attached hydrogen (secondary N) is 1. The molecule has 19 heavy (non-hydrogen) atoms. The van der Waals surface area contributed by atoms with E-state index in [2.05, 4.69) is 11.4 Å². The van der Waals surface area contributed by atoms with Crippen LogP contribution in [0.5, 0.6) is 5.75 Å². The van der Waals surface area contributed by atoms with E-state index in [1.165, 1.54) is 37.7 Å². The summed E-state index contributed by atoms with van der Waals surface area (Å²) in [5.74, 6) is 0.974. The van der Waals surface area contributed by atoms with Gasteiger partial charge in [-0.2, -0.15) is 0 Å². The maximum Gasteiger partial charge on any atom is 0.122 e. The largest absolute Gasteiger partial charge is 0.496 e. The lowest BCUT2D eigenvalue weighted by molar-refractivity contribution is 0.128. The number of ether oxygens (including phenoxy) is 1. The second-order valence-electron chi connectivity index (χ2n) is 6.14. The van der Waals surface area contributed by atoms with Crippen molar-refractivity contribution in [2.45, 2.75) is 44.6 Å². The molecule has 1 aromatic rings. The van der Waals surface area contributed by atoms with Gasteiger partial charge >= 0.3 is 0 Å². The lowest BCUT2D eigenvalue weighted by Crippen LogP contribution is -2.42. The normalized spacial score (nSPS) is 20.9. The molecule has 0 radical (unpaired) electrons. The standard InChI is InChI=1S/C16H22ClNO/c1-19-15-6-3-13(17)9-12(15)10-16(7-2-8-16)11-18-14-4-5-14/h3,6,9,14,18H,2,4-5,7-8,10-11H2,1H3. The van der Waals surface area contributed by atoms with Crippen molar-refractivity contribution < 1.29 is 4.74 Å². The van der Waals surface area contributed by atoms with Crippen molar-refractivity contribution in [2.24, 2.45) is 5.41 Å². The van der Waals surface area contributed by atoms with Crippen LogP contribution in [0.1, 0.15) is 37.7 Å². The van der Waals surface area contributed by atoms with Gasteiger partial charge in [0.1, 0.15) is 5.75 Å². The third-order valence-electron chi connectivity index (χ3n) is 4.57. The number of hydrogen-bond donors (Lipinski definition) is 1. The van der Waals surface area contributed by atoms with Gasteiger partial charge in [0, 0.05) is 17.6 Å². The predicted octanol–water partition coefficient (Wildman–Crippen LogP) is 3.81. The molecule has 0 amide bonds. The molecule has 0 unspecified atom stereocenters. The Kier molecular flexibility index (Phi) is 3.72. The van der Waals surface area contributed by atoms with E-state index in [1.807, 2.05) is 12.1 Å². The molecule has 3 heteroatoms. The third kappa shape index (κ3) is 3.06. The fourth-order valence-electron chi connectivity index (χ4n) is 3.03. The average molecular weight is 280 g/mol. The van der Waals surface area contributed by atoms with E-state index in [4.69, 9.17) is 16.3 Å². The summed E-state index contributed by atoms with van der Waals surface area (Å²) in [5, 5.41) is 4.50. The summed E-state index contributed by atoms with van der Waals surface area (Å²) in [6.07, 6.45) is 7.80. The number of benzene rings is 1. The van der Waals surface area contributed by atoms with Crippen LogP contribution in [-0.2, 0) is 6.42 Å². The smallest absolute Gasteiger partial charge is 0.122 e. The molecule has 3 rings (SSSR count). The van der Waals surface area contributed by atoms with E-state index in [0.29, 0.717) is 5.41 Å². The van der Waals surface area contributed by atoms with Crippen LogP contribution in [0.2, 0.25) is 5.02 Å². The minimum atomic E-state index is 0.431. The molecule has 0 atom stereocenters. The highest BCUT2D eigenvalue weighted by atomic mass is 35.5. The van der Waals surface area contributed by atoms with Gasteiger partial charge < -0.3 is 10.1 Å². The maximum absolute atomic E-state index is 6.13. The van der Waals surface area contributed by atoms with E-state index in [-0.39, 0.29) is 0 Å². The summed E-state index contributed by atoms with van der Waals surface area (Å²) >= 11 is 6.13. The van der Waals surface area contributed by atoms with Crippen LogP contribution in [0, 0.1) is 5.41 Å². The summed E-state index contributed by atoms with van der Waals surface area (Å²) in [7, 11) is 1.74. The molecule has 2 fully saturated rings. The molecule has 2 nitrogen and oxygen atoms in total. The molecule has 2 aliphatic rings. The molecule has 2 saturated carbocycles. The highest BCUT2D eigenvalue weighted by molar-refractivity contribution is 6.30. The monoisotopic (exact) mass is 279 g/mol. The van der Waals surface area contributed by atoms with Crippen molar-refractivity contribution >= 4 is 11.6 Å². The second kappa shape index (κ2) is 5.34. The first-order valence-corrected chi connectivity index (χ1v) is 7.64. The quantitative estimate of drug-likeness (QED) is 0.855. The van der Waals surface area contributed by atoms with Gasteiger partial charge in [0.2, 0.25) is 0 Å². The Morgan fingerprint density at radius 3 is 2.74 bits per heavy atom. The first-order valence-electron chi connectivity index (χ1n) is 7.27. The fourth-order valence-corrected chi connectivity index (χ4v) is 3.23. The van der Waals surface area contributed by atoms with Crippen molar-refractivity contribution in [1.82, 2.24) is 5.32 Å². The van der Waals surface area contributed by atoms with Crippen LogP contribution in [0.25, 0.3) is 0 Å². The maximum atomic E-state index is 6.13. The zero-order valence-electron chi connectivity index (χ0n) is 11.5. The van der Waals surface area contributed by atoms with E-state index >= 15 is 0 Å². The van der Waals surface area contributed by atoms with E-state index in [9.17, 15) is 0 Å².